The van der Waals surface area contributed by atoms with Crippen molar-refractivity contribution in [1.29, 1.82) is 0 Å². The number of H-pyrrole nitrogens is 1. The number of hydrogen-bond donors (Lipinski definition) is 4. The summed E-state index contributed by atoms with van der Waals surface area (Å²) in [6.45, 7) is 8.10. The van der Waals surface area contributed by atoms with E-state index in [-0.39, 0.29) is 24.0 Å². The SMILES string of the molecule is C=CCCn1cc(-c2nc(Nc3ccc(C4CCN(CCCNc5cccc6c5C(=O)N(C5CCC(=O)NC5=O)C6=O)CC4)cc3)nc3[nH]ccc23)cn1. The Balaban J connectivity index is 0.822. The second-order valence-corrected chi connectivity index (χ2v) is 14.0. The number of nitrogens with zero attached hydrogens (tertiary/aromatic N) is 6. The maximum Gasteiger partial charge on any atom is 0.264 e. The number of aromatic nitrogens is 5. The quantitative estimate of drug-likeness (QED) is 0.0717. The van der Waals surface area contributed by atoms with Crippen molar-refractivity contribution in [2.24, 2.45) is 0 Å². The van der Waals surface area contributed by atoms with Gasteiger partial charge < -0.3 is 20.5 Å². The van der Waals surface area contributed by atoms with E-state index < -0.39 is 29.7 Å². The molecule has 0 radical (unpaired) electrons. The lowest BCUT2D eigenvalue weighted by molar-refractivity contribution is -0.136. The number of nitrogens with one attached hydrogen (secondary N) is 4. The van der Waals surface area contributed by atoms with E-state index >= 15 is 0 Å². The molecule has 4 N–H and O–H groups in total. The van der Waals surface area contributed by atoms with E-state index in [4.69, 9.17) is 9.97 Å². The van der Waals surface area contributed by atoms with E-state index in [1.54, 1.807) is 18.2 Å². The predicted octanol–water partition coefficient (Wildman–Crippen LogP) is 5.22. The summed E-state index contributed by atoms with van der Waals surface area (Å²) < 4.78 is 1.90. The van der Waals surface area contributed by atoms with Crippen molar-refractivity contribution in [3.63, 3.8) is 0 Å². The molecule has 6 heterocycles. The lowest BCUT2D eigenvalue weighted by Gasteiger charge is -2.32. The Morgan fingerprint density at radius 2 is 1.78 bits per heavy atom. The third-order valence-corrected chi connectivity index (χ3v) is 10.5. The van der Waals surface area contributed by atoms with Crippen LogP contribution in [-0.2, 0) is 16.1 Å². The Labute approximate surface area is 312 Å². The van der Waals surface area contributed by atoms with Gasteiger partial charge in [-0.25, -0.2) is 4.98 Å². The van der Waals surface area contributed by atoms with E-state index in [1.165, 1.54) is 5.56 Å². The van der Waals surface area contributed by atoms with E-state index in [9.17, 15) is 19.2 Å². The maximum absolute atomic E-state index is 13.4. The highest BCUT2D eigenvalue weighted by molar-refractivity contribution is 6.25. The molecule has 8 rings (SSSR count). The molecule has 1 atom stereocenters. The molecular weight excluding hydrogens is 685 g/mol. The number of likely N-dealkylation sites (tertiary alicyclic amines) is 1. The van der Waals surface area contributed by atoms with Crippen molar-refractivity contribution in [1.82, 2.24) is 39.8 Å². The van der Waals surface area contributed by atoms with Gasteiger partial charge in [0.05, 0.1) is 23.0 Å². The highest BCUT2D eigenvalue weighted by atomic mass is 16.2. The van der Waals surface area contributed by atoms with Crippen LogP contribution in [0.4, 0.5) is 17.3 Å². The Bertz CT molecular complexity index is 2230. The minimum Gasteiger partial charge on any atom is -0.384 e. The molecule has 1 unspecified atom stereocenters. The zero-order valence-corrected chi connectivity index (χ0v) is 29.9. The molecule has 3 aliphatic heterocycles. The first-order chi connectivity index (χ1) is 26.4. The molecule has 0 bridgehead atoms. The number of rotatable bonds is 13. The highest BCUT2D eigenvalue weighted by Gasteiger charge is 2.45. The number of piperidine rings is 2. The number of allylic oxidation sites excluding steroid dienone is 1. The summed E-state index contributed by atoms with van der Waals surface area (Å²) in [5.74, 6) is -1.01. The molecule has 14 heteroatoms. The van der Waals surface area contributed by atoms with Crippen LogP contribution in [-0.4, -0.2) is 90.4 Å². The van der Waals surface area contributed by atoms with Crippen LogP contribution in [0, 0.1) is 0 Å². The number of anilines is 3. The van der Waals surface area contributed by atoms with Gasteiger partial charge in [-0.05, 0) is 93.6 Å². The van der Waals surface area contributed by atoms with Crippen LogP contribution in [0.15, 0.2) is 79.8 Å². The van der Waals surface area contributed by atoms with Gasteiger partial charge in [-0.2, -0.15) is 10.1 Å². The van der Waals surface area contributed by atoms with Gasteiger partial charge >= 0.3 is 0 Å². The summed E-state index contributed by atoms with van der Waals surface area (Å²) in [5.41, 5.74) is 5.90. The average Bonchev–Trinajstić information content (AvgIpc) is 3.92. The van der Waals surface area contributed by atoms with Gasteiger partial charge in [-0.3, -0.25) is 34.1 Å². The number of hydrogen-bond acceptors (Lipinski definition) is 10. The third kappa shape index (κ3) is 6.99. The fourth-order valence-corrected chi connectivity index (χ4v) is 7.69. The van der Waals surface area contributed by atoms with Crippen LogP contribution >= 0.6 is 0 Å². The first-order valence-electron chi connectivity index (χ1n) is 18.5. The number of benzene rings is 2. The summed E-state index contributed by atoms with van der Waals surface area (Å²) in [6, 6.07) is 14.7. The number of carbonyl (C=O) groups is 4. The Hall–Kier alpha value is -6.15. The number of aromatic amines is 1. The minimum absolute atomic E-state index is 0.0891. The number of aryl methyl sites for hydroxylation is 1. The standard InChI is InChI=1S/C40H42N10O4/c1-2-3-20-49-24-27(23-43-49)35-30-14-18-42-36(30)47-40(46-35)44-28-10-8-25(9-11-28)26-15-21-48(22-16-26)19-5-17-41-31-7-4-6-29-34(31)39(54)50(38(29)53)32-12-13-33(51)45-37(32)52/h2,4,6-11,14,18,23-24,26,32,41H,1,3,5,12-13,15-17,19-22H2,(H,45,51,52)(H2,42,44,46,47). The molecule has 2 fully saturated rings. The van der Waals surface area contributed by atoms with Crippen molar-refractivity contribution >= 4 is 52.0 Å². The van der Waals surface area contributed by atoms with E-state index in [2.05, 4.69) is 61.8 Å². The molecule has 0 aliphatic carbocycles. The summed E-state index contributed by atoms with van der Waals surface area (Å²) in [7, 11) is 0. The van der Waals surface area contributed by atoms with E-state index in [1.807, 2.05) is 35.4 Å². The van der Waals surface area contributed by atoms with Gasteiger partial charge in [0.15, 0.2) is 0 Å². The molecule has 2 saturated heterocycles. The molecule has 3 aliphatic rings. The monoisotopic (exact) mass is 726 g/mol. The summed E-state index contributed by atoms with van der Waals surface area (Å²) in [5, 5.41) is 14.4. The predicted molar refractivity (Wildman–Crippen MR) is 204 cm³/mol. The molecular formula is C40H42N10O4. The van der Waals surface area contributed by atoms with Crippen molar-refractivity contribution in [2.75, 3.05) is 36.8 Å². The largest absolute Gasteiger partial charge is 0.384 e. The average molecular weight is 727 g/mol. The fourth-order valence-electron chi connectivity index (χ4n) is 7.69. The van der Waals surface area contributed by atoms with Crippen LogP contribution < -0.4 is 16.0 Å². The minimum atomic E-state index is -0.982. The third-order valence-electron chi connectivity index (χ3n) is 10.5. The first kappa shape index (κ1) is 34.9. The van der Waals surface area contributed by atoms with Crippen molar-refractivity contribution in [2.45, 2.75) is 57.0 Å². The zero-order valence-electron chi connectivity index (χ0n) is 29.9. The molecule has 3 aromatic heterocycles. The lowest BCUT2D eigenvalue weighted by Crippen LogP contribution is -2.54. The molecule has 2 aromatic carbocycles. The second-order valence-electron chi connectivity index (χ2n) is 14.0. The van der Waals surface area contributed by atoms with Gasteiger partial charge in [0, 0.05) is 54.2 Å². The number of fused-ring (bicyclic) bond motifs is 2. The molecule has 4 amide bonds. The normalized spacial score (nSPS) is 17.9. The Morgan fingerprint density at radius 3 is 2.57 bits per heavy atom. The van der Waals surface area contributed by atoms with Crippen LogP contribution in [0.5, 0.6) is 0 Å². The molecule has 0 spiro atoms. The summed E-state index contributed by atoms with van der Waals surface area (Å²) in [4.78, 5) is 66.8. The molecule has 14 nitrogen and oxygen atoms in total. The maximum atomic E-state index is 13.4. The van der Waals surface area contributed by atoms with Gasteiger partial charge in [0.2, 0.25) is 17.8 Å². The second kappa shape index (κ2) is 15.1. The van der Waals surface area contributed by atoms with E-state index in [0.29, 0.717) is 24.1 Å². The molecule has 54 heavy (non-hydrogen) atoms. The Kier molecular flexibility index (Phi) is 9.74. The number of imide groups is 2. The first-order valence-corrected chi connectivity index (χ1v) is 18.5. The smallest absolute Gasteiger partial charge is 0.264 e. The highest BCUT2D eigenvalue weighted by Crippen LogP contribution is 2.33. The fraction of sp³-hybridized carbons (Fsp3) is 0.325. The van der Waals surface area contributed by atoms with Crippen LogP contribution in [0.25, 0.3) is 22.3 Å². The molecule has 276 valence electrons. The zero-order chi connectivity index (χ0) is 37.2. The van der Waals surface area contributed by atoms with Crippen LogP contribution in [0.2, 0.25) is 0 Å². The molecule has 0 saturated carbocycles. The van der Waals surface area contributed by atoms with Gasteiger partial charge in [0.25, 0.3) is 11.8 Å². The summed E-state index contributed by atoms with van der Waals surface area (Å²) in [6.07, 6.45) is 11.6. The van der Waals surface area contributed by atoms with Gasteiger partial charge in [-0.15, -0.1) is 6.58 Å². The molecule has 5 aromatic rings. The Morgan fingerprint density at radius 1 is 0.944 bits per heavy atom. The number of amides is 4. The van der Waals surface area contributed by atoms with Gasteiger partial charge in [-0.1, -0.05) is 24.3 Å². The topological polar surface area (TPSA) is 170 Å². The lowest BCUT2D eigenvalue weighted by atomic mass is 9.89. The van der Waals surface area contributed by atoms with Crippen molar-refractivity contribution in [3.05, 3.63) is 96.5 Å². The van der Waals surface area contributed by atoms with Crippen molar-refractivity contribution in [3.8, 4) is 11.3 Å². The summed E-state index contributed by atoms with van der Waals surface area (Å²) >= 11 is 0. The van der Waals surface area contributed by atoms with Gasteiger partial charge in [0.1, 0.15) is 11.7 Å². The van der Waals surface area contributed by atoms with Crippen LogP contribution in [0.1, 0.15) is 70.7 Å². The van der Waals surface area contributed by atoms with E-state index in [0.717, 1.165) is 84.7 Å². The van der Waals surface area contributed by atoms with Crippen LogP contribution in [0.3, 0.4) is 0 Å². The number of carbonyl (C=O) groups excluding carboxylic acids is 4. The van der Waals surface area contributed by atoms with Crippen molar-refractivity contribution < 1.29 is 19.2 Å².